The van der Waals surface area contributed by atoms with Gasteiger partial charge in [0.25, 0.3) is 5.72 Å². The topological polar surface area (TPSA) is 107 Å². The second-order valence-electron chi connectivity index (χ2n) is 6.46. The number of rotatable bonds is 4. The van der Waals surface area contributed by atoms with Crippen molar-refractivity contribution < 1.29 is 37.8 Å². The summed E-state index contributed by atoms with van der Waals surface area (Å²) in [7, 11) is 0.751. The van der Waals surface area contributed by atoms with E-state index in [1.54, 1.807) is 0 Å². The number of hydrogen-bond acceptors (Lipinski definition) is 5. The van der Waals surface area contributed by atoms with Crippen molar-refractivity contribution in [3.63, 3.8) is 0 Å². The predicted octanol–water partition coefficient (Wildman–Crippen LogP) is 2.89. The highest BCUT2D eigenvalue weighted by molar-refractivity contribution is 7.12. The number of Topliss-reactive ketones (excluding diaryl/α,β-unsaturated/α-hetero) is 1. The van der Waals surface area contributed by atoms with Crippen LogP contribution in [0.1, 0.15) is 31.6 Å². The minimum absolute atomic E-state index is 0.0191. The van der Waals surface area contributed by atoms with Gasteiger partial charge in [-0.05, 0) is 29.1 Å². The first-order valence-corrected chi connectivity index (χ1v) is 9.11. The number of aliphatic hydroxyl groups is 1. The quantitative estimate of drug-likeness (QED) is 0.650. The molecule has 3 N–H and O–H groups in total. The van der Waals surface area contributed by atoms with Crippen LogP contribution in [-0.4, -0.2) is 51.8 Å². The van der Waals surface area contributed by atoms with Crippen molar-refractivity contribution in [2.24, 2.45) is 5.92 Å². The largest absolute Gasteiger partial charge is 0.478 e. The van der Waals surface area contributed by atoms with E-state index in [4.69, 9.17) is 5.11 Å². The second-order valence-corrected chi connectivity index (χ2v) is 7.40. The van der Waals surface area contributed by atoms with Crippen molar-refractivity contribution in [1.29, 1.82) is 0 Å². The van der Waals surface area contributed by atoms with E-state index < -0.39 is 41.6 Å². The molecule has 11 heteroatoms. The SMILES string of the molecule is CN1C(=O)N[C@H](c2ccc(C(=O)O)cc2)[C@H](C(=O)c2cccs2)[C@@]1(O)C(F)(F)F. The molecular formula is C18H15F3N2O5S. The fourth-order valence-corrected chi connectivity index (χ4v) is 3.99. The molecule has 3 rings (SSSR count). The second kappa shape index (κ2) is 7.16. The van der Waals surface area contributed by atoms with Crippen molar-refractivity contribution >= 4 is 29.1 Å². The molecule has 2 amide bonds. The molecule has 1 aromatic heterocycles. The molecule has 2 aromatic rings. The Morgan fingerprint density at radius 2 is 1.83 bits per heavy atom. The average Bonchev–Trinajstić information content (AvgIpc) is 3.19. The van der Waals surface area contributed by atoms with Gasteiger partial charge in [-0.3, -0.25) is 9.69 Å². The Morgan fingerprint density at radius 1 is 1.21 bits per heavy atom. The van der Waals surface area contributed by atoms with Crippen molar-refractivity contribution in [2.75, 3.05) is 7.05 Å². The normalized spacial score (nSPS) is 24.9. The van der Waals surface area contributed by atoms with Crippen LogP contribution in [0.5, 0.6) is 0 Å². The molecule has 0 bridgehead atoms. The molecule has 1 aliphatic rings. The number of carboxylic acid groups (broad SMARTS) is 1. The zero-order chi connectivity index (χ0) is 21.6. The molecule has 3 atom stereocenters. The van der Waals surface area contributed by atoms with Gasteiger partial charge in [-0.15, -0.1) is 11.3 Å². The summed E-state index contributed by atoms with van der Waals surface area (Å²) in [6.07, 6.45) is -5.34. The highest BCUT2D eigenvalue weighted by Crippen LogP contribution is 2.47. The fraction of sp³-hybridized carbons (Fsp3) is 0.278. The number of carbonyl (C=O) groups excluding carboxylic acids is 2. The minimum atomic E-state index is -5.34. The molecule has 0 aliphatic carbocycles. The third-order valence-electron chi connectivity index (χ3n) is 4.84. The monoisotopic (exact) mass is 428 g/mol. The molecular weight excluding hydrogens is 413 g/mol. The molecule has 1 saturated heterocycles. The standard InChI is InChI=1S/C18H15F3N2O5S/c1-23-16(27)22-13(9-4-6-10(7-5-9)15(25)26)12(17(23,28)18(19,20)21)14(24)11-3-2-8-29-11/h2-8,12-13,28H,1H3,(H,22,27)(H,25,26)/t12-,13-,17-/m1/s1. The lowest BCUT2D eigenvalue weighted by Gasteiger charge is -2.49. The maximum atomic E-state index is 14.0. The van der Waals surface area contributed by atoms with E-state index in [1.165, 1.54) is 29.6 Å². The fourth-order valence-electron chi connectivity index (χ4n) is 3.29. The number of thiophene rings is 1. The van der Waals surface area contributed by atoms with Crippen LogP contribution in [0.3, 0.4) is 0 Å². The number of amides is 2. The van der Waals surface area contributed by atoms with Crippen LogP contribution in [0.25, 0.3) is 0 Å². The Labute approximate surface area is 166 Å². The molecule has 0 saturated carbocycles. The molecule has 7 nitrogen and oxygen atoms in total. The van der Waals surface area contributed by atoms with Gasteiger partial charge in [0, 0.05) is 7.05 Å². The van der Waals surface area contributed by atoms with Crippen molar-refractivity contribution in [2.45, 2.75) is 17.9 Å². The number of benzene rings is 1. The Kier molecular flexibility index (Phi) is 5.13. The zero-order valence-corrected chi connectivity index (χ0v) is 15.6. The van der Waals surface area contributed by atoms with Crippen LogP contribution < -0.4 is 5.32 Å². The third kappa shape index (κ3) is 3.36. The average molecular weight is 428 g/mol. The van der Waals surface area contributed by atoms with Gasteiger partial charge in [-0.1, -0.05) is 18.2 Å². The van der Waals surface area contributed by atoms with Gasteiger partial charge >= 0.3 is 18.2 Å². The van der Waals surface area contributed by atoms with Gasteiger partial charge < -0.3 is 15.5 Å². The number of nitrogens with zero attached hydrogens (tertiary/aromatic N) is 1. The highest BCUT2D eigenvalue weighted by atomic mass is 32.1. The van der Waals surface area contributed by atoms with Gasteiger partial charge in [-0.2, -0.15) is 13.2 Å². The Morgan fingerprint density at radius 3 is 2.31 bits per heavy atom. The molecule has 29 heavy (non-hydrogen) atoms. The molecule has 0 unspecified atom stereocenters. The third-order valence-corrected chi connectivity index (χ3v) is 5.73. The Bertz CT molecular complexity index is 945. The van der Waals surface area contributed by atoms with E-state index in [2.05, 4.69) is 5.32 Å². The van der Waals surface area contributed by atoms with Crippen LogP contribution in [0, 0.1) is 5.92 Å². The van der Waals surface area contributed by atoms with Crippen LogP contribution in [0.15, 0.2) is 41.8 Å². The summed E-state index contributed by atoms with van der Waals surface area (Å²) in [6.45, 7) is 0. The van der Waals surface area contributed by atoms with Gasteiger partial charge in [0.1, 0.15) is 5.92 Å². The highest BCUT2D eigenvalue weighted by Gasteiger charge is 2.69. The van der Waals surface area contributed by atoms with Gasteiger partial charge in [-0.25, -0.2) is 9.59 Å². The lowest BCUT2D eigenvalue weighted by Crippen LogP contribution is -2.72. The minimum Gasteiger partial charge on any atom is -0.478 e. The van der Waals surface area contributed by atoms with E-state index >= 15 is 0 Å². The summed E-state index contributed by atoms with van der Waals surface area (Å²) >= 11 is 0.905. The number of nitrogens with one attached hydrogen (secondary N) is 1. The first-order chi connectivity index (χ1) is 13.5. The summed E-state index contributed by atoms with van der Waals surface area (Å²) in [5.41, 5.74) is -3.85. The summed E-state index contributed by atoms with van der Waals surface area (Å²) < 4.78 is 41.9. The van der Waals surface area contributed by atoms with Crippen LogP contribution >= 0.6 is 11.3 Å². The molecule has 2 heterocycles. The smallest absolute Gasteiger partial charge is 0.437 e. The first kappa shape index (κ1) is 20.8. The number of ketones is 1. The number of hydrogen-bond donors (Lipinski definition) is 3. The summed E-state index contributed by atoms with van der Waals surface area (Å²) in [6, 6.07) is 4.71. The molecule has 1 fully saturated rings. The Balaban J connectivity index is 2.17. The van der Waals surface area contributed by atoms with E-state index in [9.17, 15) is 32.7 Å². The van der Waals surface area contributed by atoms with Crippen molar-refractivity contribution in [1.82, 2.24) is 10.2 Å². The summed E-state index contributed by atoms with van der Waals surface area (Å²) in [4.78, 5) is 36.3. The van der Waals surface area contributed by atoms with Crippen LogP contribution in [-0.2, 0) is 0 Å². The number of aromatic carboxylic acids is 1. The zero-order valence-electron chi connectivity index (χ0n) is 14.8. The number of carbonyl (C=O) groups is 3. The number of carboxylic acids is 1. The molecule has 154 valence electrons. The van der Waals surface area contributed by atoms with E-state index in [0.717, 1.165) is 30.5 Å². The molecule has 0 spiro atoms. The lowest BCUT2D eigenvalue weighted by atomic mass is 9.77. The van der Waals surface area contributed by atoms with Gasteiger partial charge in [0.05, 0.1) is 16.5 Å². The van der Waals surface area contributed by atoms with Crippen LogP contribution in [0.2, 0.25) is 0 Å². The van der Waals surface area contributed by atoms with Crippen molar-refractivity contribution in [3.8, 4) is 0 Å². The van der Waals surface area contributed by atoms with E-state index in [1.807, 2.05) is 0 Å². The van der Waals surface area contributed by atoms with Crippen LogP contribution in [0.4, 0.5) is 18.0 Å². The lowest BCUT2D eigenvalue weighted by molar-refractivity contribution is -0.322. The van der Waals surface area contributed by atoms with Gasteiger partial charge in [0.15, 0.2) is 5.78 Å². The maximum Gasteiger partial charge on any atom is 0.437 e. The summed E-state index contributed by atoms with van der Waals surface area (Å²) in [5, 5.41) is 23.5. The maximum absolute atomic E-state index is 14.0. The Hall–Kier alpha value is -2.92. The molecule has 1 aliphatic heterocycles. The summed E-state index contributed by atoms with van der Waals surface area (Å²) in [5.74, 6) is -4.37. The molecule has 0 radical (unpaired) electrons. The number of alkyl halides is 3. The predicted molar refractivity (Wildman–Crippen MR) is 95.6 cm³/mol. The molecule has 1 aromatic carbocycles. The van der Waals surface area contributed by atoms with E-state index in [0.29, 0.717) is 0 Å². The first-order valence-electron chi connectivity index (χ1n) is 8.23. The van der Waals surface area contributed by atoms with Crippen molar-refractivity contribution in [3.05, 3.63) is 57.8 Å². The van der Waals surface area contributed by atoms with E-state index in [-0.39, 0.29) is 20.9 Å². The number of urea groups is 1. The van der Waals surface area contributed by atoms with Gasteiger partial charge in [0.2, 0.25) is 0 Å². The number of halogens is 3.